The largest absolute Gasteiger partial charge is 0.495 e. The molecule has 0 atom stereocenters. The zero-order valence-electron chi connectivity index (χ0n) is 9.18. The third kappa shape index (κ3) is 2.63. The quantitative estimate of drug-likeness (QED) is 0.829. The number of nitrogens with two attached hydrogens (primary N) is 1. The van der Waals surface area contributed by atoms with Crippen LogP contribution in [0, 0.1) is 5.82 Å². The van der Waals surface area contributed by atoms with E-state index in [-0.39, 0.29) is 11.6 Å². The van der Waals surface area contributed by atoms with Crippen LogP contribution in [0.2, 0.25) is 0 Å². The lowest BCUT2D eigenvalue weighted by atomic mass is 10.3. The van der Waals surface area contributed by atoms with Crippen molar-refractivity contribution in [2.24, 2.45) is 0 Å². The molecule has 0 amide bonds. The first-order valence-electron chi connectivity index (χ1n) is 4.92. The van der Waals surface area contributed by atoms with Crippen LogP contribution < -0.4 is 15.2 Å². The first kappa shape index (κ1) is 11.2. The number of hydrogen-bond donors (Lipinski definition) is 1. The smallest absolute Gasteiger partial charge is 0.219 e. The monoisotopic (exact) mass is 234 g/mol. The summed E-state index contributed by atoms with van der Waals surface area (Å²) in [5, 5.41) is 0. The minimum absolute atomic E-state index is 0.0804. The van der Waals surface area contributed by atoms with E-state index < -0.39 is 5.82 Å². The van der Waals surface area contributed by atoms with Gasteiger partial charge in [-0.3, -0.25) is 0 Å². The van der Waals surface area contributed by atoms with Crippen molar-refractivity contribution in [1.82, 2.24) is 4.98 Å². The Morgan fingerprint density at radius 3 is 2.65 bits per heavy atom. The molecule has 2 aromatic rings. The normalized spacial score (nSPS) is 10.0. The van der Waals surface area contributed by atoms with Gasteiger partial charge in [0.2, 0.25) is 5.88 Å². The van der Waals surface area contributed by atoms with Crippen molar-refractivity contribution in [3.05, 3.63) is 42.3 Å². The molecule has 0 radical (unpaired) electrons. The number of methoxy groups -OCH3 is 1. The number of pyridine rings is 1. The minimum Gasteiger partial charge on any atom is -0.495 e. The molecule has 0 fully saturated rings. The summed E-state index contributed by atoms with van der Waals surface area (Å²) in [4.78, 5) is 3.96. The van der Waals surface area contributed by atoms with E-state index in [1.165, 1.54) is 25.4 Å². The topological polar surface area (TPSA) is 57.4 Å². The van der Waals surface area contributed by atoms with Crippen LogP contribution in [-0.2, 0) is 0 Å². The Morgan fingerprint density at radius 1 is 1.24 bits per heavy atom. The molecule has 0 aliphatic heterocycles. The highest BCUT2D eigenvalue weighted by Crippen LogP contribution is 2.25. The van der Waals surface area contributed by atoms with Crippen LogP contribution in [0.5, 0.6) is 17.4 Å². The van der Waals surface area contributed by atoms with Crippen LogP contribution in [0.15, 0.2) is 36.5 Å². The van der Waals surface area contributed by atoms with E-state index in [0.29, 0.717) is 11.4 Å². The van der Waals surface area contributed by atoms with E-state index in [9.17, 15) is 4.39 Å². The van der Waals surface area contributed by atoms with E-state index in [2.05, 4.69) is 4.98 Å². The molecule has 2 rings (SSSR count). The summed E-state index contributed by atoms with van der Waals surface area (Å²) < 4.78 is 23.6. The fourth-order valence-electron chi connectivity index (χ4n) is 1.26. The van der Waals surface area contributed by atoms with Gasteiger partial charge in [0, 0.05) is 17.8 Å². The van der Waals surface area contributed by atoms with Gasteiger partial charge in [-0.25, -0.2) is 9.37 Å². The molecule has 0 bridgehead atoms. The van der Waals surface area contributed by atoms with Gasteiger partial charge in [-0.15, -0.1) is 0 Å². The Hall–Kier alpha value is -2.30. The summed E-state index contributed by atoms with van der Waals surface area (Å²) in [7, 11) is 1.54. The molecule has 0 aliphatic rings. The minimum atomic E-state index is -0.525. The molecule has 1 aromatic heterocycles. The van der Waals surface area contributed by atoms with Crippen LogP contribution in [0.25, 0.3) is 0 Å². The molecule has 1 heterocycles. The van der Waals surface area contributed by atoms with Crippen LogP contribution >= 0.6 is 0 Å². The van der Waals surface area contributed by atoms with E-state index in [1.807, 2.05) is 0 Å². The van der Waals surface area contributed by atoms with Gasteiger partial charge in [0.1, 0.15) is 5.75 Å². The number of halogens is 1. The predicted octanol–water partition coefficient (Wildman–Crippen LogP) is 2.60. The lowest BCUT2D eigenvalue weighted by Gasteiger charge is -2.06. The van der Waals surface area contributed by atoms with Crippen molar-refractivity contribution in [2.75, 3.05) is 12.8 Å². The Labute approximate surface area is 97.8 Å². The third-order valence-electron chi connectivity index (χ3n) is 2.12. The SMILES string of the molecule is COc1ccc(Oc2ccc(N)cc2F)nc1. The number of hydrogen-bond acceptors (Lipinski definition) is 4. The van der Waals surface area contributed by atoms with Crippen LogP contribution in [-0.4, -0.2) is 12.1 Å². The van der Waals surface area contributed by atoms with Crippen molar-refractivity contribution in [3.8, 4) is 17.4 Å². The molecule has 0 unspecified atom stereocenters. The van der Waals surface area contributed by atoms with Gasteiger partial charge in [-0.05, 0) is 18.2 Å². The van der Waals surface area contributed by atoms with E-state index in [1.54, 1.807) is 18.2 Å². The average molecular weight is 234 g/mol. The van der Waals surface area contributed by atoms with Gasteiger partial charge in [-0.1, -0.05) is 0 Å². The van der Waals surface area contributed by atoms with Crippen molar-refractivity contribution in [3.63, 3.8) is 0 Å². The van der Waals surface area contributed by atoms with Crippen molar-refractivity contribution < 1.29 is 13.9 Å². The van der Waals surface area contributed by atoms with Crippen LogP contribution in [0.4, 0.5) is 10.1 Å². The Bertz CT molecular complexity index is 514. The summed E-state index contributed by atoms with van der Waals surface area (Å²) in [5.74, 6) is 0.448. The number of rotatable bonds is 3. The molecule has 2 N–H and O–H groups in total. The van der Waals surface area contributed by atoms with E-state index in [4.69, 9.17) is 15.2 Å². The Morgan fingerprint density at radius 2 is 2.06 bits per heavy atom. The molecular weight excluding hydrogens is 223 g/mol. The highest BCUT2D eigenvalue weighted by atomic mass is 19.1. The fraction of sp³-hybridized carbons (Fsp3) is 0.0833. The van der Waals surface area contributed by atoms with Crippen molar-refractivity contribution in [2.45, 2.75) is 0 Å². The van der Waals surface area contributed by atoms with Gasteiger partial charge < -0.3 is 15.2 Å². The lowest BCUT2D eigenvalue weighted by molar-refractivity contribution is 0.403. The Balaban J connectivity index is 2.19. The van der Waals surface area contributed by atoms with Gasteiger partial charge in [-0.2, -0.15) is 0 Å². The number of ether oxygens (including phenoxy) is 2. The van der Waals surface area contributed by atoms with E-state index in [0.717, 1.165) is 0 Å². The maximum absolute atomic E-state index is 13.4. The molecule has 0 saturated heterocycles. The zero-order valence-corrected chi connectivity index (χ0v) is 9.18. The number of benzene rings is 1. The second-order valence-corrected chi connectivity index (χ2v) is 3.33. The van der Waals surface area contributed by atoms with E-state index >= 15 is 0 Å². The first-order chi connectivity index (χ1) is 8.19. The van der Waals surface area contributed by atoms with Gasteiger partial charge in [0.15, 0.2) is 11.6 Å². The summed E-state index contributed by atoms with van der Waals surface area (Å²) >= 11 is 0. The molecule has 5 heteroatoms. The molecule has 0 aliphatic carbocycles. The summed E-state index contributed by atoms with van der Waals surface area (Å²) in [5.41, 5.74) is 5.78. The van der Waals surface area contributed by atoms with Gasteiger partial charge in [0.05, 0.1) is 13.3 Å². The number of nitrogen functional groups attached to an aromatic ring is 1. The number of aromatic nitrogens is 1. The fourth-order valence-corrected chi connectivity index (χ4v) is 1.26. The molecule has 0 saturated carbocycles. The van der Waals surface area contributed by atoms with Gasteiger partial charge >= 0.3 is 0 Å². The average Bonchev–Trinajstić information content (AvgIpc) is 2.34. The summed E-state index contributed by atoms with van der Waals surface area (Å²) in [6.07, 6.45) is 1.49. The second-order valence-electron chi connectivity index (χ2n) is 3.33. The van der Waals surface area contributed by atoms with Crippen molar-refractivity contribution in [1.29, 1.82) is 0 Å². The summed E-state index contributed by atoms with van der Waals surface area (Å²) in [6, 6.07) is 7.48. The Kier molecular flexibility index (Phi) is 3.09. The number of anilines is 1. The van der Waals surface area contributed by atoms with Crippen molar-refractivity contribution >= 4 is 5.69 Å². The van der Waals surface area contributed by atoms with Crippen LogP contribution in [0.1, 0.15) is 0 Å². The summed E-state index contributed by atoms with van der Waals surface area (Å²) in [6.45, 7) is 0. The predicted molar refractivity (Wildman–Crippen MR) is 61.7 cm³/mol. The molecule has 1 aromatic carbocycles. The first-order valence-corrected chi connectivity index (χ1v) is 4.92. The molecule has 17 heavy (non-hydrogen) atoms. The maximum Gasteiger partial charge on any atom is 0.219 e. The molecular formula is C12H11FN2O2. The third-order valence-corrected chi connectivity index (χ3v) is 2.12. The van der Waals surface area contributed by atoms with Crippen LogP contribution in [0.3, 0.4) is 0 Å². The highest BCUT2D eigenvalue weighted by molar-refractivity contribution is 5.43. The number of nitrogens with zero attached hydrogens (tertiary/aromatic N) is 1. The lowest BCUT2D eigenvalue weighted by Crippen LogP contribution is -1.93. The standard InChI is InChI=1S/C12H11FN2O2/c1-16-9-3-5-12(15-7-9)17-11-4-2-8(14)6-10(11)13/h2-7H,14H2,1H3. The maximum atomic E-state index is 13.4. The molecule has 4 nitrogen and oxygen atoms in total. The molecule has 0 spiro atoms. The second kappa shape index (κ2) is 4.69. The highest BCUT2D eigenvalue weighted by Gasteiger charge is 2.05. The zero-order chi connectivity index (χ0) is 12.3. The molecule has 88 valence electrons. The van der Waals surface area contributed by atoms with Gasteiger partial charge in [0.25, 0.3) is 0 Å².